The van der Waals surface area contributed by atoms with Crippen LogP contribution in [0.4, 0.5) is 0 Å². The number of carbonyl (C=O) groups is 2. The Balaban J connectivity index is 1.61. The second-order valence-electron chi connectivity index (χ2n) is 6.08. The molecule has 0 saturated carbocycles. The number of amides is 2. The number of nitrogens with zero attached hydrogens (tertiary/aromatic N) is 3. The molecule has 0 aliphatic carbocycles. The van der Waals surface area contributed by atoms with Crippen molar-refractivity contribution in [3.63, 3.8) is 0 Å². The van der Waals surface area contributed by atoms with Crippen LogP contribution >= 0.6 is 0 Å². The van der Waals surface area contributed by atoms with E-state index in [4.69, 9.17) is 10.00 Å². The quantitative estimate of drug-likeness (QED) is 0.847. The van der Waals surface area contributed by atoms with Gasteiger partial charge in [-0.2, -0.15) is 5.26 Å². The summed E-state index contributed by atoms with van der Waals surface area (Å²) in [5.41, 5.74) is 2.01. The highest BCUT2D eigenvalue weighted by Crippen LogP contribution is 2.16. The number of piperazine rings is 1. The standard InChI is InChI=1S/C20H19N3O3/c1-26-18-8-4-16(5-9-18)13-22-10-11-23(14-19(22)24)20(25)17-6-2-15(12-21)3-7-17/h2-9H,10-11,13-14H2,1H3. The van der Waals surface area contributed by atoms with Crippen molar-refractivity contribution in [3.05, 3.63) is 65.2 Å². The molecular formula is C20H19N3O3. The van der Waals surface area contributed by atoms with E-state index in [0.29, 0.717) is 30.8 Å². The third-order valence-corrected chi connectivity index (χ3v) is 4.40. The Morgan fingerprint density at radius 3 is 2.38 bits per heavy atom. The molecule has 6 nitrogen and oxygen atoms in total. The third kappa shape index (κ3) is 3.83. The zero-order valence-corrected chi connectivity index (χ0v) is 14.5. The van der Waals surface area contributed by atoms with Gasteiger partial charge in [0, 0.05) is 25.2 Å². The molecule has 1 aliphatic rings. The summed E-state index contributed by atoms with van der Waals surface area (Å²) in [5.74, 6) is 0.513. The van der Waals surface area contributed by atoms with Gasteiger partial charge in [0.1, 0.15) is 12.3 Å². The number of rotatable bonds is 4. The molecule has 2 aromatic carbocycles. The lowest BCUT2D eigenvalue weighted by Crippen LogP contribution is -2.51. The van der Waals surface area contributed by atoms with Crippen LogP contribution in [0.2, 0.25) is 0 Å². The monoisotopic (exact) mass is 349 g/mol. The zero-order valence-electron chi connectivity index (χ0n) is 14.5. The summed E-state index contributed by atoms with van der Waals surface area (Å²) < 4.78 is 5.13. The molecule has 26 heavy (non-hydrogen) atoms. The molecule has 3 rings (SSSR count). The summed E-state index contributed by atoms with van der Waals surface area (Å²) in [4.78, 5) is 28.3. The van der Waals surface area contributed by atoms with E-state index in [9.17, 15) is 9.59 Å². The Kier molecular flexibility index (Phi) is 5.18. The average Bonchev–Trinajstić information content (AvgIpc) is 2.69. The molecular weight excluding hydrogens is 330 g/mol. The number of ether oxygens (including phenoxy) is 1. The van der Waals surface area contributed by atoms with Gasteiger partial charge in [-0.1, -0.05) is 12.1 Å². The summed E-state index contributed by atoms with van der Waals surface area (Å²) in [5, 5.41) is 8.83. The van der Waals surface area contributed by atoms with Crippen LogP contribution in [0.3, 0.4) is 0 Å². The maximum absolute atomic E-state index is 12.5. The van der Waals surface area contributed by atoms with E-state index in [-0.39, 0.29) is 18.4 Å². The molecule has 0 radical (unpaired) electrons. The summed E-state index contributed by atoms with van der Waals surface area (Å²) >= 11 is 0. The van der Waals surface area contributed by atoms with Gasteiger partial charge in [-0.3, -0.25) is 9.59 Å². The Bertz CT molecular complexity index is 838. The molecule has 1 heterocycles. The Morgan fingerprint density at radius 2 is 1.81 bits per heavy atom. The fraction of sp³-hybridized carbons (Fsp3) is 0.250. The predicted octanol–water partition coefficient (Wildman–Crippen LogP) is 2.05. The number of nitriles is 1. The van der Waals surface area contributed by atoms with E-state index < -0.39 is 0 Å². The number of hydrogen-bond donors (Lipinski definition) is 0. The molecule has 0 spiro atoms. The second kappa shape index (κ2) is 7.70. The molecule has 1 saturated heterocycles. The molecule has 1 fully saturated rings. The molecule has 2 amide bonds. The van der Waals surface area contributed by atoms with Crippen molar-refractivity contribution in [3.8, 4) is 11.8 Å². The molecule has 6 heteroatoms. The van der Waals surface area contributed by atoms with E-state index in [2.05, 4.69) is 0 Å². The van der Waals surface area contributed by atoms with Crippen LogP contribution in [0.1, 0.15) is 21.5 Å². The molecule has 0 unspecified atom stereocenters. The van der Waals surface area contributed by atoms with Crippen LogP contribution in [-0.4, -0.2) is 48.4 Å². The van der Waals surface area contributed by atoms with Crippen LogP contribution in [0, 0.1) is 11.3 Å². The summed E-state index contributed by atoms with van der Waals surface area (Å²) in [6.07, 6.45) is 0. The van der Waals surface area contributed by atoms with E-state index in [1.807, 2.05) is 30.3 Å². The van der Waals surface area contributed by atoms with Gasteiger partial charge < -0.3 is 14.5 Å². The second-order valence-corrected chi connectivity index (χ2v) is 6.08. The number of methoxy groups -OCH3 is 1. The van der Waals surface area contributed by atoms with Crippen LogP contribution in [0.25, 0.3) is 0 Å². The molecule has 0 atom stereocenters. The maximum Gasteiger partial charge on any atom is 0.254 e. The number of carbonyl (C=O) groups excluding carboxylic acids is 2. The van der Waals surface area contributed by atoms with Gasteiger partial charge in [-0.05, 0) is 42.0 Å². The van der Waals surface area contributed by atoms with Crippen molar-refractivity contribution >= 4 is 11.8 Å². The average molecular weight is 349 g/mol. The highest BCUT2D eigenvalue weighted by atomic mass is 16.5. The fourth-order valence-electron chi connectivity index (χ4n) is 2.87. The third-order valence-electron chi connectivity index (χ3n) is 4.40. The molecule has 2 aromatic rings. The van der Waals surface area contributed by atoms with Crippen LogP contribution < -0.4 is 4.74 Å². The highest BCUT2D eigenvalue weighted by Gasteiger charge is 2.27. The van der Waals surface area contributed by atoms with Gasteiger partial charge in [0.2, 0.25) is 5.91 Å². The normalized spacial score (nSPS) is 14.1. The van der Waals surface area contributed by atoms with Crippen LogP contribution in [0.15, 0.2) is 48.5 Å². The van der Waals surface area contributed by atoms with E-state index in [1.54, 1.807) is 41.2 Å². The number of hydrogen-bond acceptors (Lipinski definition) is 4. The molecule has 0 bridgehead atoms. The van der Waals surface area contributed by atoms with Crippen molar-refractivity contribution in [1.29, 1.82) is 5.26 Å². The zero-order chi connectivity index (χ0) is 18.5. The molecule has 132 valence electrons. The predicted molar refractivity (Wildman–Crippen MR) is 95.5 cm³/mol. The minimum Gasteiger partial charge on any atom is -0.497 e. The van der Waals surface area contributed by atoms with Crippen molar-refractivity contribution in [2.75, 3.05) is 26.7 Å². The summed E-state index contributed by atoms with van der Waals surface area (Å²) in [7, 11) is 1.61. The lowest BCUT2D eigenvalue weighted by molar-refractivity contribution is -0.135. The smallest absolute Gasteiger partial charge is 0.254 e. The van der Waals surface area contributed by atoms with Gasteiger partial charge in [0.15, 0.2) is 0 Å². The van der Waals surface area contributed by atoms with Gasteiger partial charge in [0.05, 0.1) is 18.7 Å². The first kappa shape index (κ1) is 17.5. The van der Waals surface area contributed by atoms with Crippen molar-refractivity contribution in [2.24, 2.45) is 0 Å². The number of benzene rings is 2. The molecule has 1 aliphatic heterocycles. The summed E-state index contributed by atoms with van der Waals surface area (Å²) in [6.45, 7) is 1.56. The van der Waals surface area contributed by atoms with Gasteiger partial charge >= 0.3 is 0 Å². The van der Waals surface area contributed by atoms with Gasteiger partial charge in [0.25, 0.3) is 5.91 Å². The minimum absolute atomic E-state index is 0.0645. The Morgan fingerprint density at radius 1 is 1.12 bits per heavy atom. The fourth-order valence-corrected chi connectivity index (χ4v) is 2.87. The van der Waals surface area contributed by atoms with E-state index in [1.165, 1.54) is 0 Å². The maximum atomic E-state index is 12.5. The summed E-state index contributed by atoms with van der Waals surface area (Å²) in [6, 6.07) is 16.1. The topological polar surface area (TPSA) is 73.6 Å². The van der Waals surface area contributed by atoms with Crippen molar-refractivity contribution in [1.82, 2.24) is 9.80 Å². The lowest BCUT2D eigenvalue weighted by Gasteiger charge is -2.34. The first-order valence-electron chi connectivity index (χ1n) is 8.31. The SMILES string of the molecule is COc1ccc(CN2CCN(C(=O)c3ccc(C#N)cc3)CC2=O)cc1. The largest absolute Gasteiger partial charge is 0.497 e. The molecule has 0 aromatic heterocycles. The Labute approximate surface area is 152 Å². The highest BCUT2D eigenvalue weighted by molar-refractivity contribution is 5.97. The first-order chi connectivity index (χ1) is 12.6. The minimum atomic E-state index is -0.188. The Hall–Kier alpha value is -3.33. The van der Waals surface area contributed by atoms with E-state index in [0.717, 1.165) is 11.3 Å². The van der Waals surface area contributed by atoms with Crippen molar-refractivity contribution in [2.45, 2.75) is 6.54 Å². The van der Waals surface area contributed by atoms with Gasteiger partial charge in [-0.25, -0.2) is 0 Å². The van der Waals surface area contributed by atoms with Crippen LogP contribution in [-0.2, 0) is 11.3 Å². The van der Waals surface area contributed by atoms with Gasteiger partial charge in [-0.15, -0.1) is 0 Å². The van der Waals surface area contributed by atoms with E-state index >= 15 is 0 Å². The lowest BCUT2D eigenvalue weighted by atomic mass is 10.1. The van der Waals surface area contributed by atoms with Crippen LogP contribution in [0.5, 0.6) is 5.75 Å². The van der Waals surface area contributed by atoms with Crippen molar-refractivity contribution < 1.29 is 14.3 Å². The first-order valence-corrected chi connectivity index (χ1v) is 8.31. The molecule has 0 N–H and O–H groups in total.